The third-order valence-electron chi connectivity index (χ3n) is 2.23. The van der Waals surface area contributed by atoms with E-state index in [0.717, 1.165) is 21.4 Å². The van der Waals surface area contributed by atoms with Gasteiger partial charge >= 0.3 is 0 Å². The molecule has 0 fully saturated rings. The lowest BCUT2D eigenvalue weighted by Crippen LogP contribution is -2.07. The molecule has 0 aliphatic rings. The summed E-state index contributed by atoms with van der Waals surface area (Å²) in [7, 11) is 1.90. The fraction of sp³-hybridized carbons (Fsp3) is 0.154. The number of benzene rings is 1. The van der Waals surface area contributed by atoms with Crippen molar-refractivity contribution in [1.82, 2.24) is 10.3 Å². The van der Waals surface area contributed by atoms with Crippen LogP contribution in [0.3, 0.4) is 0 Å². The molecule has 1 aromatic heterocycles. The summed E-state index contributed by atoms with van der Waals surface area (Å²) >= 11 is 2.26. The van der Waals surface area contributed by atoms with E-state index in [0.29, 0.717) is 5.88 Å². The van der Waals surface area contributed by atoms with Crippen LogP contribution in [-0.2, 0) is 6.54 Å². The first-order valence-corrected chi connectivity index (χ1v) is 6.39. The number of hydrogen-bond acceptors (Lipinski definition) is 3. The average molecular weight is 340 g/mol. The molecule has 0 bridgehead atoms. The van der Waals surface area contributed by atoms with Crippen LogP contribution in [0.25, 0.3) is 0 Å². The third-order valence-corrected chi connectivity index (χ3v) is 2.90. The first kappa shape index (κ1) is 12.3. The molecule has 0 aliphatic carbocycles. The molecule has 4 heteroatoms. The van der Waals surface area contributed by atoms with Crippen LogP contribution in [0, 0.1) is 3.57 Å². The predicted octanol–water partition coefficient (Wildman–Crippen LogP) is 3.20. The van der Waals surface area contributed by atoms with E-state index in [1.807, 2.05) is 43.4 Å². The molecule has 3 nitrogen and oxygen atoms in total. The zero-order valence-corrected chi connectivity index (χ0v) is 11.6. The second-order valence-corrected chi connectivity index (χ2v) is 4.80. The zero-order chi connectivity index (χ0) is 12.1. The maximum absolute atomic E-state index is 5.79. The van der Waals surface area contributed by atoms with Gasteiger partial charge in [0.15, 0.2) is 0 Å². The van der Waals surface area contributed by atoms with E-state index in [-0.39, 0.29) is 0 Å². The molecule has 0 radical (unpaired) electrons. The molecule has 1 N–H and O–H groups in total. The molecule has 1 heterocycles. The van der Waals surface area contributed by atoms with Crippen molar-refractivity contribution in [3.63, 3.8) is 0 Å². The molecule has 0 atom stereocenters. The normalized spacial score (nSPS) is 10.2. The summed E-state index contributed by atoms with van der Waals surface area (Å²) in [6.45, 7) is 0.743. The van der Waals surface area contributed by atoms with Crippen LogP contribution >= 0.6 is 22.6 Å². The van der Waals surface area contributed by atoms with Crippen molar-refractivity contribution in [2.45, 2.75) is 6.54 Å². The zero-order valence-electron chi connectivity index (χ0n) is 9.48. The van der Waals surface area contributed by atoms with Crippen LogP contribution < -0.4 is 10.1 Å². The summed E-state index contributed by atoms with van der Waals surface area (Å²) in [5.74, 6) is 1.47. The van der Waals surface area contributed by atoms with Gasteiger partial charge in [-0.05, 0) is 53.9 Å². The number of nitrogens with zero attached hydrogens (tertiary/aromatic N) is 1. The van der Waals surface area contributed by atoms with Gasteiger partial charge in [0.2, 0.25) is 5.88 Å². The Bertz CT molecular complexity index is 502. The number of halogens is 1. The van der Waals surface area contributed by atoms with Crippen molar-refractivity contribution in [3.05, 3.63) is 51.7 Å². The van der Waals surface area contributed by atoms with Gasteiger partial charge in [0.25, 0.3) is 0 Å². The molecule has 2 aromatic rings. The van der Waals surface area contributed by atoms with E-state index in [2.05, 4.69) is 32.9 Å². The minimum absolute atomic E-state index is 0.656. The van der Waals surface area contributed by atoms with Gasteiger partial charge < -0.3 is 10.1 Å². The molecule has 0 aliphatic heterocycles. The number of ether oxygens (including phenoxy) is 1. The Balaban J connectivity index is 2.23. The molecule has 88 valence electrons. The van der Waals surface area contributed by atoms with Gasteiger partial charge in [-0.25, -0.2) is 4.98 Å². The van der Waals surface area contributed by atoms with Gasteiger partial charge in [0, 0.05) is 21.9 Å². The molecule has 2 rings (SSSR count). The van der Waals surface area contributed by atoms with Crippen LogP contribution in [0.15, 0.2) is 42.6 Å². The van der Waals surface area contributed by atoms with Crippen molar-refractivity contribution >= 4 is 22.6 Å². The highest BCUT2D eigenvalue weighted by atomic mass is 127. The second-order valence-electron chi connectivity index (χ2n) is 3.56. The SMILES string of the molecule is CNCc1cccnc1Oc1cccc(I)c1. The summed E-state index contributed by atoms with van der Waals surface area (Å²) < 4.78 is 6.93. The number of nitrogens with one attached hydrogen (secondary N) is 1. The highest BCUT2D eigenvalue weighted by molar-refractivity contribution is 14.1. The number of rotatable bonds is 4. The molecule has 0 spiro atoms. The average Bonchev–Trinajstić information content (AvgIpc) is 2.32. The van der Waals surface area contributed by atoms with Crippen LogP contribution in [0.4, 0.5) is 0 Å². The van der Waals surface area contributed by atoms with Gasteiger partial charge in [-0.3, -0.25) is 0 Å². The van der Waals surface area contributed by atoms with Crippen LogP contribution in [-0.4, -0.2) is 12.0 Å². The Morgan fingerprint density at radius 2 is 2.18 bits per heavy atom. The second kappa shape index (κ2) is 5.97. The molecular weight excluding hydrogens is 327 g/mol. The van der Waals surface area contributed by atoms with Crippen molar-refractivity contribution in [3.8, 4) is 11.6 Å². The topological polar surface area (TPSA) is 34.2 Å². The third kappa shape index (κ3) is 3.41. The molecule has 17 heavy (non-hydrogen) atoms. The number of hydrogen-bond donors (Lipinski definition) is 1. The fourth-order valence-electron chi connectivity index (χ4n) is 1.48. The van der Waals surface area contributed by atoms with Crippen LogP contribution in [0.1, 0.15) is 5.56 Å². The molecule has 0 amide bonds. The number of pyridine rings is 1. The first-order chi connectivity index (χ1) is 8.29. The monoisotopic (exact) mass is 340 g/mol. The fourth-order valence-corrected chi connectivity index (χ4v) is 2.00. The Labute approximate surface area is 114 Å². The van der Waals surface area contributed by atoms with Crippen molar-refractivity contribution < 1.29 is 4.74 Å². The largest absolute Gasteiger partial charge is 0.439 e. The van der Waals surface area contributed by atoms with Crippen molar-refractivity contribution in [2.24, 2.45) is 0 Å². The summed E-state index contributed by atoms with van der Waals surface area (Å²) in [6, 6.07) is 11.8. The van der Waals surface area contributed by atoms with E-state index >= 15 is 0 Å². The predicted molar refractivity (Wildman–Crippen MR) is 76.2 cm³/mol. The minimum Gasteiger partial charge on any atom is -0.439 e. The summed E-state index contributed by atoms with van der Waals surface area (Å²) in [5.41, 5.74) is 1.05. The smallest absolute Gasteiger partial charge is 0.223 e. The van der Waals surface area contributed by atoms with Gasteiger partial charge in [0.1, 0.15) is 5.75 Å². The maximum atomic E-state index is 5.79. The van der Waals surface area contributed by atoms with E-state index in [1.165, 1.54) is 0 Å². The summed E-state index contributed by atoms with van der Waals surface area (Å²) in [6.07, 6.45) is 1.74. The van der Waals surface area contributed by atoms with Gasteiger partial charge in [0.05, 0.1) is 0 Å². The highest BCUT2D eigenvalue weighted by Gasteiger charge is 2.05. The van der Waals surface area contributed by atoms with E-state index < -0.39 is 0 Å². The lowest BCUT2D eigenvalue weighted by molar-refractivity contribution is 0.454. The van der Waals surface area contributed by atoms with Gasteiger partial charge in [-0.2, -0.15) is 0 Å². The number of aromatic nitrogens is 1. The molecule has 0 unspecified atom stereocenters. The van der Waals surface area contributed by atoms with Crippen molar-refractivity contribution in [1.29, 1.82) is 0 Å². The Morgan fingerprint density at radius 3 is 2.94 bits per heavy atom. The quantitative estimate of drug-likeness (QED) is 0.868. The molecule has 0 saturated heterocycles. The Kier molecular flexibility index (Phi) is 4.33. The van der Waals surface area contributed by atoms with E-state index in [9.17, 15) is 0 Å². The van der Waals surface area contributed by atoms with Crippen LogP contribution in [0.2, 0.25) is 0 Å². The maximum Gasteiger partial charge on any atom is 0.223 e. The van der Waals surface area contributed by atoms with Crippen molar-refractivity contribution in [2.75, 3.05) is 7.05 Å². The minimum atomic E-state index is 0.656. The summed E-state index contributed by atoms with van der Waals surface area (Å²) in [4.78, 5) is 4.26. The lowest BCUT2D eigenvalue weighted by Gasteiger charge is -2.09. The standard InChI is InChI=1S/C13H13IN2O/c1-15-9-10-4-3-7-16-13(10)17-12-6-2-5-11(14)8-12/h2-8,15H,9H2,1H3. The Morgan fingerprint density at radius 1 is 1.29 bits per heavy atom. The van der Waals surface area contributed by atoms with E-state index in [1.54, 1.807) is 6.20 Å². The molecular formula is C13H13IN2O. The highest BCUT2D eigenvalue weighted by Crippen LogP contribution is 2.23. The van der Waals surface area contributed by atoms with E-state index in [4.69, 9.17) is 4.74 Å². The molecule has 1 aromatic carbocycles. The van der Waals surface area contributed by atoms with Gasteiger partial charge in [-0.15, -0.1) is 0 Å². The Hall–Kier alpha value is -1.14. The van der Waals surface area contributed by atoms with Gasteiger partial charge in [-0.1, -0.05) is 12.1 Å². The van der Waals surface area contributed by atoms with Crippen LogP contribution in [0.5, 0.6) is 11.6 Å². The first-order valence-electron chi connectivity index (χ1n) is 5.31. The molecule has 0 saturated carbocycles. The summed E-state index contributed by atoms with van der Waals surface area (Å²) in [5, 5.41) is 3.10. The lowest BCUT2D eigenvalue weighted by atomic mass is 10.2.